The van der Waals surface area contributed by atoms with E-state index >= 15 is 0 Å². The van der Waals surface area contributed by atoms with E-state index in [0.29, 0.717) is 5.56 Å². The fraction of sp³-hybridized carbons (Fsp3) is 0.400. The molecule has 15 heavy (non-hydrogen) atoms. The Morgan fingerprint density at radius 3 is 2.47 bits per heavy atom. The molecule has 84 valence electrons. The van der Waals surface area contributed by atoms with Gasteiger partial charge in [0.05, 0.1) is 12.7 Å². The van der Waals surface area contributed by atoms with Crippen LogP contribution in [0.2, 0.25) is 0 Å². The smallest absolute Gasteiger partial charge is 0.129 e. The minimum atomic E-state index is -1.30. The fourth-order valence-corrected chi connectivity index (χ4v) is 1.42. The molecule has 0 aromatic heterocycles. The quantitative estimate of drug-likeness (QED) is 0.576. The first-order valence-corrected chi connectivity index (χ1v) is 5.09. The molecule has 3 N–H and O–H groups in total. The van der Waals surface area contributed by atoms with Crippen LogP contribution in [0.5, 0.6) is 0 Å². The second kappa shape index (κ2) is 5.46. The van der Waals surface area contributed by atoms with Gasteiger partial charge in [0.2, 0.25) is 0 Å². The van der Waals surface area contributed by atoms with E-state index in [1.807, 2.05) is 0 Å². The van der Waals surface area contributed by atoms with E-state index in [0.717, 1.165) is 6.07 Å². The Balaban J connectivity index is 2.95. The number of aliphatic hydroxyl groups excluding tert-OH is 3. The van der Waals surface area contributed by atoms with E-state index in [4.69, 9.17) is 5.11 Å². The maximum atomic E-state index is 13.4. The summed E-state index contributed by atoms with van der Waals surface area (Å²) in [5.74, 6) is -0.600. The number of aliphatic hydroxyl groups is 3. The van der Waals surface area contributed by atoms with Gasteiger partial charge in [-0.15, -0.1) is 0 Å². The maximum Gasteiger partial charge on any atom is 0.129 e. The van der Waals surface area contributed by atoms with Crippen molar-refractivity contribution in [2.45, 2.75) is 18.8 Å². The molecular formula is C10H13FO3S. The van der Waals surface area contributed by atoms with E-state index in [1.54, 1.807) is 0 Å². The van der Waals surface area contributed by atoms with Crippen molar-refractivity contribution in [2.75, 3.05) is 5.75 Å². The molecule has 1 aromatic carbocycles. The highest BCUT2D eigenvalue weighted by Crippen LogP contribution is 2.21. The van der Waals surface area contributed by atoms with Crippen LogP contribution in [0.3, 0.4) is 0 Å². The maximum absolute atomic E-state index is 13.4. The molecule has 0 radical (unpaired) electrons. The molecule has 0 saturated heterocycles. The largest absolute Gasteiger partial charge is 0.392 e. The molecule has 3 nitrogen and oxygen atoms in total. The Bertz CT molecular complexity index is 332. The van der Waals surface area contributed by atoms with Crippen LogP contribution < -0.4 is 0 Å². The molecule has 1 aromatic rings. The van der Waals surface area contributed by atoms with Crippen molar-refractivity contribution < 1.29 is 19.7 Å². The van der Waals surface area contributed by atoms with Gasteiger partial charge < -0.3 is 15.3 Å². The van der Waals surface area contributed by atoms with Crippen LogP contribution in [-0.4, -0.2) is 27.2 Å². The average molecular weight is 232 g/mol. The first-order valence-electron chi connectivity index (χ1n) is 4.46. The molecule has 0 aliphatic carbocycles. The fourth-order valence-electron chi connectivity index (χ4n) is 1.22. The molecule has 0 amide bonds. The van der Waals surface area contributed by atoms with Crippen molar-refractivity contribution in [2.24, 2.45) is 0 Å². The van der Waals surface area contributed by atoms with Crippen molar-refractivity contribution in [1.82, 2.24) is 0 Å². The van der Waals surface area contributed by atoms with E-state index in [9.17, 15) is 14.6 Å². The highest BCUT2D eigenvalue weighted by Gasteiger charge is 2.20. The summed E-state index contributed by atoms with van der Waals surface area (Å²) in [5, 5.41) is 27.6. The topological polar surface area (TPSA) is 60.7 Å². The summed E-state index contributed by atoms with van der Waals surface area (Å²) in [6, 6.07) is 3.97. The summed E-state index contributed by atoms with van der Waals surface area (Å²) in [6.07, 6.45) is -2.40. The Morgan fingerprint density at radius 1 is 1.33 bits per heavy atom. The second-order valence-corrected chi connectivity index (χ2v) is 3.57. The lowest BCUT2D eigenvalue weighted by molar-refractivity contribution is 0.0314. The van der Waals surface area contributed by atoms with Crippen molar-refractivity contribution in [3.05, 3.63) is 35.1 Å². The molecule has 0 spiro atoms. The second-order valence-electron chi connectivity index (χ2n) is 3.21. The molecule has 0 saturated carbocycles. The van der Waals surface area contributed by atoms with Gasteiger partial charge in [-0.25, -0.2) is 4.39 Å². The van der Waals surface area contributed by atoms with Gasteiger partial charge in [0.1, 0.15) is 11.9 Å². The van der Waals surface area contributed by atoms with Crippen LogP contribution in [0.4, 0.5) is 4.39 Å². The van der Waals surface area contributed by atoms with E-state index in [2.05, 4.69) is 12.6 Å². The highest BCUT2D eigenvalue weighted by atomic mass is 32.1. The van der Waals surface area contributed by atoms with Gasteiger partial charge in [-0.2, -0.15) is 12.6 Å². The van der Waals surface area contributed by atoms with Gasteiger partial charge in [-0.05, 0) is 11.6 Å². The molecule has 0 bridgehead atoms. The summed E-state index contributed by atoms with van der Waals surface area (Å²) < 4.78 is 13.4. The molecule has 0 fully saturated rings. The summed E-state index contributed by atoms with van der Waals surface area (Å²) in [4.78, 5) is 0. The SMILES string of the molecule is OCc1ccc(C(O)C(O)CS)c(F)c1. The van der Waals surface area contributed by atoms with E-state index < -0.39 is 18.0 Å². The number of halogens is 1. The van der Waals surface area contributed by atoms with Crippen molar-refractivity contribution in [3.63, 3.8) is 0 Å². The highest BCUT2D eigenvalue weighted by molar-refractivity contribution is 7.80. The third-order valence-electron chi connectivity index (χ3n) is 2.12. The molecule has 0 aliphatic rings. The molecular weight excluding hydrogens is 219 g/mol. The predicted octanol–water partition coefficient (Wildman–Crippen LogP) is 0.642. The van der Waals surface area contributed by atoms with Crippen LogP contribution in [0.25, 0.3) is 0 Å². The van der Waals surface area contributed by atoms with Crippen molar-refractivity contribution in [3.8, 4) is 0 Å². The lowest BCUT2D eigenvalue weighted by Gasteiger charge is -2.17. The first kappa shape index (κ1) is 12.4. The lowest BCUT2D eigenvalue weighted by Crippen LogP contribution is -2.20. The lowest BCUT2D eigenvalue weighted by atomic mass is 10.0. The molecule has 0 heterocycles. The third-order valence-corrected chi connectivity index (χ3v) is 2.49. The Morgan fingerprint density at radius 2 is 2.00 bits per heavy atom. The zero-order chi connectivity index (χ0) is 11.4. The minimum absolute atomic E-state index is 0.00810. The van der Waals surface area contributed by atoms with E-state index in [-0.39, 0.29) is 17.9 Å². The minimum Gasteiger partial charge on any atom is -0.392 e. The molecule has 2 unspecified atom stereocenters. The molecule has 2 atom stereocenters. The number of benzene rings is 1. The monoisotopic (exact) mass is 232 g/mol. The molecule has 0 aliphatic heterocycles. The van der Waals surface area contributed by atoms with Crippen LogP contribution >= 0.6 is 12.6 Å². The van der Waals surface area contributed by atoms with Crippen LogP contribution in [0.1, 0.15) is 17.2 Å². The van der Waals surface area contributed by atoms with E-state index in [1.165, 1.54) is 12.1 Å². The Labute approximate surface area is 92.6 Å². The summed E-state index contributed by atoms with van der Waals surface area (Å²) >= 11 is 3.81. The van der Waals surface area contributed by atoms with Gasteiger partial charge in [0, 0.05) is 11.3 Å². The van der Waals surface area contributed by atoms with Gasteiger partial charge >= 0.3 is 0 Å². The number of hydrogen-bond donors (Lipinski definition) is 4. The summed E-state index contributed by atoms with van der Waals surface area (Å²) in [6.45, 7) is -0.261. The Kier molecular flexibility index (Phi) is 4.53. The number of thiol groups is 1. The van der Waals surface area contributed by atoms with Gasteiger partial charge in [-0.1, -0.05) is 12.1 Å². The van der Waals surface area contributed by atoms with Crippen LogP contribution in [0, 0.1) is 5.82 Å². The third kappa shape index (κ3) is 2.92. The number of rotatable bonds is 4. The van der Waals surface area contributed by atoms with Gasteiger partial charge in [0.25, 0.3) is 0 Å². The molecule has 1 rings (SSSR count). The van der Waals surface area contributed by atoms with Crippen LogP contribution in [0.15, 0.2) is 18.2 Å². The first-order chi connectivity index (χ1) is 7.10. The summed E-state index contributed by atoms with van der Waals surface area (Å²) in [7, 11) is 0. The average Bonchev–Trinajstić information content (AvgIpc) is 2.26. The van der Waals surface area contributed by atoms with Crippen LogP contribution in [-0.2, 0) is 6.61 Å². The van der Waals surface area contributed by atoms with Gasteiger partial charge in [0.15, 0.2) is 0 Å². The summed E-state index contributed by atoms with van der Waals surface area (Å²) in [5.41, 5.74) is 0.428. The molecule has 5 heteroatoms. The Hall–Kier alpha value is -0.620. The normalized spacial score (nSPS) is 15.0. The predicted molar refractivity (Wildman–Crippen MR) is 57.1 cm³/mol. The van der Waals surface area contributed by atoms with Crippen molar-refractivity contribution >= 4 is 12.6 Å². The zero-order valence-electron chi connectivity index (χ0n) is 7.97. The van der Waals surface area contributed by atoms with Crippen molar-refractivity contribution in [1.29, 1.82) is 0 Å². The van der Waals surface area contributed by atoms with Gasteiger partial charge in [-0.3, -0.25) is 0 Å². The number of hydrogen-bond acceptors (Lipinski definition) is 4. The zero-order valence-corrected chi connectivity index (χ0v) is 8.86. The standard InChI is InChI=1S/C10H13FO3S/c11-8-3-6(4-12)1-2-7(8)10(14)9(13)5-15/h1-3,9-10,12-15H,4-5H2.